The monoisotopic (exact) mass is 220 g/mol. The molecular weight excluding hydrogens is 200 g/mol. The first kappa shape index (κ1) is 10.5. The van der Waals surface area contributed by atoms with E-state index >= 15 is 0 Å². The Hall–Kier alpha value is -0.630. The Bertz CT molecular complexity index is 386. The second-order valence-corrected chi connectivity index (χ2v) is 6.37. The van der Waals surface area contributed by atoms with Crippen LogP contribution in [0.15, 0.2) is 12.2 Å². The number of carbonyl (C=O) groups excluding carboxylic acids is 1. The van der Waals surface area contributed by atoms with Crippen molar-refractivity contribution in [3.8, 4) is 0 Å². The summed E-state index contributed by atoms with van der Waals surface area (Å²) >= 11 is 0. The van der Waals surface area contributed by atoms with E-state index in [1.165, 1.54) is 5.57 Å². The quantitative estimate of drug-likeness (QED) is 0.689. The third kappa shape index (κ3) is 0.912. The van der Waals surface area contributed by atoms with Gasteiger partial charge in [-0.3, -0.25) is 4.79 Å². The van der Waals surface area contributed by atoms with Crippen LogP contribution in [0, 0.1) is 23.2 Å². The molecule has 0 spiro atoms. The van der Waals surface area contributed by atoms with Crippen LogP contribution in [0.2, 0.25) is 0 Å². The maximum Gasteiger partial charge on any atom is 0.165 e. The van der Waals surface area contributed by atoms with E-state index < -0.39 is 5.60 Å². The summed E-state index contributed by atoms with van der Waals surface area (Å²) in [6.07, 6.45) is 3.24. The fraction of sp³-hybridized carbons (Fsp3) is 0.786. The normalized spacial score (nSPS) is 54.4. The summed E-state index contributed by atoms with van der Waals surface area (Å²) < 4.78 is 0. The van der Waals surface area contributed by atoms with Crippen LogP contribution >= 0.6 is 0 Å². The fourth-order valence-electron chi connectivity index (χ4n) is 4.84. The maximum atomic E-state index is 12.1. The van der Waals surface area contributed by atoms with Gasteiger partial charge in [0.25, 0.3) is 0 Å². The van der Waals surface area contributed by atoms with Crippen molar-refractivity contribution in [2.75, 3.05) is 0 Å². The molecule has 3 aliphatic carbocycles. The molecule has 3 aliphatic rings. The largest absolute Gasteiger partial charge is 0.381 e. The molecule has 0 aromatic heterocycles. The smallest absolute Gasteiger partial charge is 0.165 e. The van der Waals surface area contributed by atoms with Crippen molar-refractivity contribution in [2.45, 2.75) is 45.1 Å². The molecule has 3 rings (SSSR count). The van der Waals surface area contributed by atoms with Crippen molar-refractivity contribution in [2.24, 2.45) is 23.2 Å². The number of aliphatic hydroxyl groups is 1. The van der Waals surface area contributed by atoms with Gasteiger partial charge in [0, 0.05) is 11.8 Å². The Labute approximate surface area is 96.7 Å². The Morgan fingerprint density at radius 2 is 2.25 bits per heavy atom. The van der Waals surface area contributed by atoms with Gasteiger partial charge in [-0.1, -0.05) is 19.1 Å². The molecule has 88 valence electrons. The minimum absolute atomic E-state index is 0.0949. The standard InChI is InChI=1S/C14H20O2/c1-8(2)10-7-13(3)11-4-5-14(13,16)12(15)6-9(10)11/h9-11,16H,1,4-7H2,2-3H3/t9-,10?,11-,13+,14-/m0/s1. The molecule has 0 aromatic carbocycles. The Kier molecular flexibility index (Phi) is 1.83. The average molecular weight is 220 g/mol. The van der Waals surface area contributed by atoms with E-state index in [4.69, 9.17) is 0 Å². The minimum atomic E-state index is -1.02. The Balaban J connectivity index is 2.10. The van der Waals surface area contributed by atoms with E-state index in [1.54, 1.807) is 0 Å². The maximum absolute atomic E-state index is 12.1. The van der Waals surface area contributed by atoms with Gasteiger partial charge >= 0.3 is 0 Å². The first-order chi connectivity index (χ1) is 7.40. The molecule has 0 aliphatic heterocycles. The Morgan fingerprint density at radius 1 is 1.56 bits per heavy atom. The number of carbonyl (C=O) groups is 1. The number of hydrogen-bond acceptors (Lipinski definition) is 2. The fourth-order valence-corrected chi connectivity index (χ4v) is 4.84. The van der Waals surface area contributed by atoms with Crippen molar-refractivity contribution in [3.63, 3.8) is 0 Å². The second-order valence-electron chi connectivity index (χ2n) is 6.37. The van der Waals surface area contributed by atoms with Gasteiger partial charge in [0.15, 0.2) is 5.78 Å². The second kappa shape index (κ2) is 2.79. The molecule has 5 atom stereocenters. The van der Waals surface area contributed by atoms with Gasteiger partial charge in [-0.25, -0.2) is 0 Å². The average Bonchev–Trinajstić information content (AvgIpc) is 2.53. The summed E-state index contributed by atoms with van der Waals surface area (Å²) in [7, 11) is 0. The molecular formula is C14H20O2. The van der Waals surface area contributed by atoms with Gasteiger partial charge < -0.3 is 5.11 Å². The van der Waals surface area contributed by atoms with Crippen LogP contribution in [0.3, 0.4) is 0 Å². The number of rotatable bonds is 1. The molecule has 0 heterocycles. The van der Waals surface area contributed by atoms with Crippen LogP contribution < -0.4 is 0 Å². The van der Waals surface area contributed by atoms with E-state index in [0.717, 1.165) is 12.8 Å². The minimum Gasteiger partial charge on any atom is -0.381 e. The lowest BCUT2D eigenvalue weighted by molar-refractivity contribution is -0.155. The summed E-state index contributed by atoms with van der Waals surface area (Å²) in [6, 6.07) is 0. The summed E-state index contributed by atoms with van der Waals surface area (Å²) in [4.78, 5) is 12.1. The third-order valence-corrected chi connectivity index (χ3v) is 5.77. The van der Waals surface area contributed by atoms with Gasteiger partial charge in [0.2, 0.25) is 0 Å². The molecule has 0 amide bonds. The molecule has 0 aromatic rings. The van der Waals surface area contributed by atoms with E-state index in [2.05, 4.69) is 20.4 Å². The van der Waals surface area contributed by atoms with Crippen LogP contribution in [0.4, 0.5) is 0 Å². The van der Waals surface area contributed by atoms with Crippen LogP contribution in [-0.2, 0) is 4.79 Å². The van der Waals surface area contributed by atoms with Crippen LogP contribution in [-0.4, -0.2) is 16.5 Å². The van der Waals surface area contributed by atoms with Crippen LogP contribution in [0.1, 0.15) is 39.5 Å². The summed E-state index contributed by atoms with van der Waals surface area (Å²) in [5.41, 5.74) is 0.00676. The molecule has 2 nitrogen and oxygen atoms in total. The highest BCUT2D eigenvalue weighted by Gasteiger charge is 2.70. The van der Waals surface area contributed by atoms with Gasteiger partial charge in [-0.2, -0.15) is 0 Å². The number of ketones is 1. The summed E-state index contributed by atoms with van der Waals surface area (Å²) in [6.45, 7) is 8.26. The van der Waals surface area contributed by atoms with E-state index in [9.17, 15) is 9.90 Å². The molecule has 16 heavy (non-hydrogen) atoms. The molecule has 3 saturated carbocycles. The number of allylic oxidation sites excluding steroid dienone is 1. The summed E-state index contributed by atoms with van der Waals surface area (Å²) in [5, 5.41) is 10.7. The van der Waals surface area contributed by atoms with Crippen LogP contribution in [0.5, 0.6) is 0 Å². The van der Waals surface area contributed by atoms with Gasteiger partial charge in [0.1, 0.15) is 5.60 Å². The lowest BCUT2D eigenvalue weighted by Gasteiger charge is -2.42. The first-order valence-electron chi connectivity index (χ1n) is 6.31. The summed E-state index contributed by atoms with van der Waals surface area (Å²) in [5.74, 6) is 1.54. The zero-order chi connectivity index (χ0) is 11.7. The van der Waals surface area contributed by atoms with Gasteiger partial charge in [-0.05, 0) is 43.9 Å². The number of hydrogen-bond donors (Lipinski definition) is 1. The molecule has 0 radical (unpaired) electrons. The SMILES string of the molecule is C=C(C)C1C[C@]2(C)[C@H]3CC[C@]2(O)C(=O)C[C@@H]13. The van der Waals surface area contributed by atoms with Crippen molar-refractivity contribution in [1.82, 2.24) is 0 Å². The molecule has 0 saturated heterocycles. The molecule has 1 unspecified atom stereocenters. The molecule has 4 bridgehead atoms. The first-order valence-corrected chi connectivity index (χ1v) is 6.31. The third-order valence-electron chi connectivity index (χ3n) is 5.77. The van der Waals surface area contributed by atoms with Crippen molar-refractivity contribution < 1.29 is 9.90 Å². The molecule has 2 heteroatoms. The highest BCUT2D eigenvalue weighted by molar-refractivity contribution is 5.90. The van der Waals surface area contributed by atoms with Crippen molar-refractivity contribution in [3.05, 3.63) is 12.2 Å². The lowest BCUT2D eigenvalue weighted by atomic mass is 9.64. The Morgan fingerprint density at radius 3 is 2.88 bits per heavy atom. The molecule has 1 N–H and O–H groups in total. The predicted octanol–water partition coefficient (Wildman–Crippen LogP) is 2.32. The van der Waals surface area contributed by atoms with E-state index in [1.807, 2.05) is 0 Å². The van der Waals surface area contributed by atoms with Gasteiger partial charge in [-0.15, -0.1) is 0 Å². The highest BCUT2D eigenvalue weighted by atomic mass is 16.3. The predicted molar refractivity (Wildman–Crippen MR) is 61.8 cm³/mol. The van der Waals surface area contributed by atoms with Gasteiger partial charge in [0.05, 0.1) is 0 Å². The zero-order valence-electron chi connectivity index (χ0n) is 10.1. The zero-order valence-corrected chi connectivity index (χ0v) is 10.1. The van der Waals surface area contributed by atoms with Crippen molar-refractivity contribution in [1.29, 1.82) is 0 Å². The van der Waals surface area contributed by atoms with Crippen LogP contribution in [0.25, 0.3) is 0 Å². The highest BCUT2D eigenvalue weighted by Crippen LogP contribution is 2.68. The number of Topliss-reactive ketones (excluding diaryl/α,β-unsaturated/α-hetero) is 1. The topological polar surface area (TPSA) is 37.3 Å². The van der Waals surface area contributed by atoms with Crippen molar-refractivity contribution >= 4 is 5.78 Å². The lowest BCUT2D eigenvalue weighted by Crippen LogP contribution is -2.52. The van der Waals surface area contributed by atoms with E-state index in [0.29, 0.717) is 30.6 Å². The molecule has 3 fully saturated rings. The van der Waals surface area contributed by atoms with E-state index in [-0.39, 0.29) is 11.2 Å².